The quantitative estimate of drug-likeness (QED) is 0.859. The first-order valence-corrected chi connectivity index (χ1v) is 8.89. The van der Waals surface area contributed by atoms with Crippen molar-refractivity contribution in [1.29, 1.82) is 0 Å². The highest BCUT2D eigenvalue weighted by Crippen LogP contribution is 2.38. The summed E-state index contributed by atoms with van der Waals surface area (Å²) >= 11 is 0. The minimum atomic E-state index is 0.140. The third-order valence-electron chi connectivity index (χ3n) is 4.90. The normalized spacial score (nSPS) is 19.0. The number of hydrogen-bond donors (Lipinski definition) is 0. The van der Waals surface area contributed by atoms with E-state index in [0.29, 0.717) is 19.6 Å². The molecule has 3 heterocycles. The summed E-state index contributed by atoms with van der Waals surface area (Å²) in [7, 11) is 0. The monoisotopic (exact) mass is 338 g/mol. The fraction of sp³-hybridized carbons (Fsp3) is 0.400. The molecule has 1 aromatic heterocycles. The first-order chi connectivity index (χ1) is 12.3. The highest BCUT2D eigenvalue weighted by Gasteiger charge is 2.30. The van der Waals surface area contributed by atoms with E-state index >= 15 is 0 Å². The molecule has 1 aromatic carbocycles. The maximum absolute atomic E-state index is 12.7. The average molecular weight is 338 g/mol. The van der Waals surface area contributed by atoms with Crippen LogP contribution in [0.5, 0.6) is 11.5 Å². The molecule has 0 N–H and O–H groups in total. The predicted molar refractivity (Wildman–Crippen MR) is 93.7 cm³/mol. The van der Waals surface area contributed by atoms with Gasteiger partial charge in [0.05, 0.1) is 6.04 Å². The highest BCUT2D eigenvalue weighted by atomic mass is 16.6. The Morgan fingerprint density at radius 3 is 2.76 bits per heavy atom. The van der Waals surface area contributed by atoms with Gasteiger partial charge in [0, 0.05) is 25.4 Å². The lowest BCUT2D eigenvalue weighted by molar-refractivity contribution is -0.132. The van der Waals surface area contributed by atoms with Gasteiger partial charge in [0.25, 0.3) is 0 Å². The number of ether oxygens (including phenoxy) is 2. The highest BCUT2D eigenvalue weighted by molar-refractivity contribution is 5.77. The van der Waals surface area contributed by atoms with E-state index in [-0.39, 0.29) is 11.9 Å². The maximum atomic E-state index is 12.7. The van der Waals surface area contributed by atoms with Crippen LogP contribution in [0.15, 0.2) is 42.7 Å². The lowest BCUT2D eigenvalue weighted by atomic mass is 10.0. The molecule has 2 aliphatic rings. The minimum absolute atomic E-state index is 0.140. The van der Waals surface area contributed by atoms with Gasteiger partial charge < -0.3 is 14.4 Å². The van der Waals surface area contributed by atoms with Crippen LogP contribution in [-0.2, 0) is 11.2 Å². The summed E-state index contributed by atoms with van der Waals surface area (Å²) in [5.41, 5.74) is 2.29. The molecule has 25 heavy (non-hydrogen) atoms. The first-order valence-electron chi connectivity index (χ1n) is 8.89. The Morgan fingerprint density at radius 1 is 1.12 bits per heavy atom. The summed E-state index contributed by atoms with van der Waals surface area (Å²) in [5.74, 6) is 1.80. The van der Waals surface area contributed by atoms with Crippen molar-refractivity contribution in [2.24, 2.45) is 0 Å². The van der Waals surface area contributed by atoms with E-state index < -0.39 is 0 Å². The zero-order valence-electron chi connectivity index (χ0n) is 14.2. The molecule has 1 fully saturated rings. The lowest BCUT2D eigenvalue weighted by Crippen LogP contribution is -2.30. The fourth-order valence-corrected chi connectivity index (χ4v) is 3.62. The van der Waals surface area contributed by atoms with Crippen LogP contribution in [0.25, 0.3) is 0 Å². The van der Waals surface area contributed by atoms with Crippen molar-refractivity contribution >= 4 is 5.91 Å². The van der Waals surface area contributed by atoms with Crippen LogP contribution in [0.3, 0.4) is 0 Å². The standard InChI is InChI=1S/C20H22N2O3/c23-20(6-3-15-7-9-21-10-8-15)22-11-1-2-17(22)16-4-5-18-19(14-16)25-13-12-24-18/h4-5,7-10,14,17H,1-3,6,11-13H2/t17-/m1/s1. The molecule has 130 valence electrons. The molecule has 2 aromatic rings. The van der Waals surface area contributed by atoms with Crippen molar-refractivity contribution < 1.29 is 14.3 Å². The Morgan fingerprint density at radius 2 is 1.92 bits per heavy atom. The second-order valence-corrected chi connectivity index (χ2v) is 6.50. The first kappa shape index (κ1) is 15.9. The number of aromatic nitrogens is 1. The van der Waals surface area contributed by atoms with E-state index in [1.807, 2.05) is 29.2 Å². The molecule has 2 aliphatic heterocycles. The van der Waals surface area contributed by atoms with E-state index in [2.05, 4.69) is 11.1 Å². The third-order valence-corrected chi connectivity index (χ3v) is 4.90. The second kappa shape index (κ2) is 7.13. The van der Waals surface area contributed by atoms with E-state index in [1.54, 1.807) is 12.4 Å². The van der Waals surface area contributed by atoms with Crippen molar-refractivity contribution in [1.82, 2.24) is 9.88 Å². The summed E-state index contributed by atoms with van der Waals surface area (Å²) in [6, 6.07) is 10.1. The summed E-state index contributed by atoms with van der Waals surface area (Å²) in [6.45, 7) is 2.00. The molecule has 0 saturated carbocycles. The van der Waals surface area contributed by atoms with Crippen molar-refractivity contribution in [3.05, 3.63) is 53.9 Å². The Labute approximate surface area is 147 Å². The van der Waals surface area contributed by atoms with Gasteiger partial charge in [-0.3, -0.25) is 9.78 Å². The second-order valence-electron chi connectivity index (χ2n) is 6.50. The molecule has 1 atom stereocenters. The van der Waals surface area contributed by atoms with Gasteiger partial charge in [0.1, 0.15) is 13.2 Å². The van der Waals surface area contributed by atoms with Crippen molar-refractivity contribution in [2.45, 2.75) is 31.7 Å². The van der Waals surface area contributed by atoms with Crippen LogP contribution >= 0.6 is 0 Å². The molecular formula is C20H22N2O3. The molecule has 1 saturated heterocycles. The van der Waals surface area contributed by atoms with E-state index in [0.717, 1.165) is 48.4 Å². The fourth-order valence-electron chi connectivity index (χ4n) is 3.62. The third kappa shape index (κ3) is 3.45. The molecule has 5 heteroatoms. The zero-order chi connectivity index (χ0) is 17.1. The number of nitrogens with zero attached hydrogens (tertiary/aromatic N) is 2. The van der Waals surface area contributed by atoms with Crippen LogP contribution in [0.2, 0.25) is 0 Å². The summed E-state index contributed by atoms with van der Waals surface area (Å²) in [6.07, 6.45) is 6.87. The number of carbonyl (C=O) groups is 1. The van der Waals surface area contributed by atoms with E-state index in [4.69, 9.17) is 9.47 Å². The number of likely N-dealkylation sites (tertiary alicyclic amines) is 1. The van der Waals surface area contributed by atoms with Gasteiger partial charge in [-0.15, -0.1) is 0 Å². The van der Waals surface area contributed by atoms with Gasteiger partial charge in [-0.25, -0.2) is 0 Å². The molecular weight excluding hydrogens is 316 g/mol. The average Bonchev–Trinajstić information content (AvgIpc) is 3.16. The van der Waals surface area contributed by atoms with Crippen LogP contribution < -0.4 is 9.47 Å². The van der Waals surface area contributed by atoms with Gasteiger partial charge in [-0.05, 0) is 54.7 Å². The van der Waals surface area contributed by atoms with Crippen molar-refractivity contribution in [3.63, 3.8) is 0 Å². The van der Waals surface area contributed by atoms with Crippen molar-refractivity contribution in [2.75, 3.05) is 19.8 Å². The summed E-state index contributed by atoms with van der Waals surface area (Å²) in [5, 5.41) is 0. The largest absolute Gasteiger partial charge is 0.486 e. The van der Waals surface area contributed by atoms with Crippen LogP contribution in [0.4, 0.5) is 0 Å². The van der Waals surface area contributed by atoms with Crippen molar-refractivity contribution in [3.8, 4) is 11.5 Å². The summed E-state index contributed by atoms with van der Waals surface area (Å²) < 4.78 is 11.3. The predicted octanol–water partition coefficient (Wildman–Crippen LogP) is 3.15. The Bertz CT molecular complexity index is 748. The number of hydrogen-bond acceptors (Lipinski definition) is 4. The van der Waals surface area contributed by atoms with Crippen LogP contribution in [0, 0.1) is 0 Å². The smallest absolute Gasteiger partial charge is 0.223 e. The van der Waals surface area contributed by atoms with Crippen LogP contribution in [-0.4, -0.2) is 35.5 Å². The zero-order valence-corrected chi connectivity index (χ0v) is 14.2. The Balaban J connectivity index is 1.45. The number of benzene rings is 1. The number of carbonyl (C=O) groups excluding carboxylic acids is 1. The molecule has 0 unspecified atom stereocenters. The van der Waals surface area contributed by atoms with Gasteiger partial charge in [-0.2, -0.15) is 0 Å². The Hall–Kier alpha value is -2.56. The minimum Gasteiger partial charge on any atom is -0.486 e. The molecule has 0 spiro atoms. The van der Waals surface area contributed by atoms with Gasteiger partial charge >= 0.3 is 0 Å². The van der Waals surface area contributed by atoms with Gasteiger partial charge in [0.15, 0.2) is 11.5 Å². The van der Waals surface area contributed by atoms with E-state index in [9.17, 15) is 4.79 Å². The maximum Gasteiger partial charge on any atom is 0.223 e. The SMILES string of the molecule is O=C(CCc1ccncc1)N1CCC[C@@H]1c1ccc2c(c1)OCCO2. The molecule has 0 bridgehead atoms. The molecule has 5 nitrogen and oxygen atoms in total. The number of aryl methyl sites for hydroxylation is 1. The molecule has 0 aliphatic carbocycles. The van der Waals surface area contributed by atoms with Gasteiger partial charge in [-0.1, -0.05) is 6.07 Å². The number of pyridine rings is 1. The number of fused-ring (bicyclic) bond motifs is 1. The molecule has 4 rings (SSSR count). The topological polar surface area (TPSA) is 51.7 Å². The number of rotatable bonds is 4. The number of amides is 1. The molecule has 0 radical (unpaired) electrons. The lowest BCUT2D eigenvalue weighted by Gasteiger charge is -2.27. The van der Waals surface area contributed by atoms with E-state index in [1.165, 1.54) is 0 Å². The molecule has 1 amide bonds. The van der Waals surface area contributed by atoms with Crippen LogP contribution in [0.1, 0.15) is 36.4 Å². The Kier molecular flexibility index (Phi) is 4.55. The van der Waals surface area contributed by atoms with Gasteiger partial charge in [0.2, 0.25) is 5.91 Å². The summed E-state index contributed by atoms with van der Waals surface area (Å²) in [4.78, 5) is 18.8.